The Morgan fingerprint density at radius 1 is 1.24 bits per heavy atom. The number of hydrogen-bond donors (Lipinski definition) is 2. The predicted octanol–water partition coefficient (Wildman–Crippen LogP) is 2.69. The van der Waals surface area contributed by atoms with E-state index in [2.05, 4.69) is 10.6 Å². The molecule has 0 saturated carbocycles. The first-order valence-corrected chi connectivity index (χ1v) is 9.48. The molecule has 1 saturated heterocycles. The summed E-state index contributed by atoms with van der Waals surface area (Å²) in [7, 11) is 1.97. The van der Waals surface area contributed by atoms with Crippen LogP contribution in [0.4, 0.5) is 5.69 Å². The number of anilines is 1. The van der Waals surface area contributed by atoms with Gasteiger partial charge in [-0.15, -0.1) is 24.2 Å². The number of hydrogen-bond acceptors (Lipinski definition) is 4. The van der Waals surface area contributed by atoms with E-state index in [0.717, 1.165) is 37.2 Å². The fourth-order valence-electron chi connectivity index (χ4n) is 2.75. The molecule has 0 aliphatic carbocycles. The third-order valence-corrected chi connectivity index (χ3v) is 5.49. The number of nitrogens with one attached hydrogen (secondary N) is 2. The van der Waals surface area contributed by atoms with E-state index in [9.17, 15) is 9.59 Å². The number of benzene rings is 1. The van der Waals surface area contributed by atoms with Gasteiger partial charge in [0.25, 0.3) is 0 Å². The van der Waals surface area contributed by atoms with Gasteiger partial charge >= 0.3 is 0 Å². The lowest BCUT2D eigenvalue weighted by atomic mass is 10.1. The highest BCUT2D eigenvalue weighted by molar-refractivity contribution is 8.01. The summed E-state index contributed by atoms with van der Waals surface area (Å²) >= 11 is 1.40. The van der Waals surface area contributed by atoms with Crippen LogP contribution in [0.15, 0.2) is 24.3 Å². The van der Waals surface area contributed by atoms with Crippen LogP contribution in [0.2, 0.25) is 0 Å². The molecule has 2 amide bonds. The molecule has 1 atom stereocenters. The van der Waals surface area contributed by atoms with E-state index in [-0.39, 0.29) is 35.2 Å². The van der Waals surface area contributed by atoms with Crippen molar-refractivity contribution in [3.8, 4) is 0 Å². The molecule has 140 valence electrons. The quantitative estimate of drug-likeness (QED) is 0.790. The van der Waals surface area contributed by atoms with Crippen molar-refractivity contribution in [2.75, 3.05) is 31.2 Å². The maximum atomic E-state index is 12.5. The minimum Gasteiger partial charge on any atom is -0.342 e. The molecule has 0 aromatic heterocycles. The van der Waals surface area contributed by atoms with E-state index < -0.39 is 0 Å². The van der Waals surface area contributed by atoms with E-state index in [1.807, 2.05) is 50.1 Å². The number of aryl methyl sites for hydroxylation is 1. The fourth-order valence-corrected chi connectivity index (χ4v) is 3.52. The van der Waals surface area contributed by atoms with Crippen LogP contribution in [-0.2, 0) is 9.59 Å². The van der Waals surface area contributed by atoms with Crippen LogP contribution in [0.3, 0.4) is 0 Å². The highest BCUT2D eigenvalue weighted by Crippen LogP contribution is 2.18. The Morgan fingerprint density at radius 3 is 2.40 bits per heavy atom. The topological polar surface area (TPSA) is 61.4 Å². The molecule has 1 aliphatic heterocycles. The molecule has 0 bridgehead atoms. The summed E-state index contributed by atoms with van der Waals surface area (Å²) in [5, 5.41) is 5.93. The van der Waals surface area contributed by atoms with Crippen LogP contribution in [0.5, 0.6) is 0 Å². The zero-order chi connectivity index (χ0) is 17.5. The summed E-state index contributed by atoms with van der Waals surface area (Å²) < 4.78 is 0. The Balaban J connectivity index is 0.00000312. The van der Waals surface area contributed by atoms with Crippen molar-refractivity contribution in [3.05, 3.63) is 29.8 Å². The number of amides is 2. The first kappa shape index (κ1) is 21.8. The molecule has 2 rings (SSSR count). The third kappa shape index (κ3) is 6.88. The minimum atomic E-state index is -0.195. The number of halogens is 1. The summed E-state index contributed by atoms with van der Waals surface area (Å²) in [6.07, 6.45) is 1.99. The van der Waals surface area contributed by atoms with Crippen molar-refractivity contribution in [3.63, 3.8) is 0 Å². The molecule has 0 spiro atoms. The Morgan fingerprint density at radius 2 is 1.84 bits per heavy atom. The lowest BCUT2D eigenvalue weighted by Gasteiger charge is -2.33. The van der Waals surface area contributed by atoms with Crippen molar-refractivity contribution in [2.24, 2.45) is 0 Å². The average Bonchev–Trinajstić information content (AvgIpc) is 2.61. The first-order chi connectivity index (χ1) is 11.5. The Hall–Kier alpha value is -1.24. The maximum Gasteiger partial charge on any atom is 0.235 e. The van der Waals surface area contributed by atoms with Gasteiger partial charge in [-0.1, -0.05) is 17.7 Å². The largest absolute Gasteiger partial charge is 0.342 e. The number of rotatable bonds is 6. The summed E-state index contributed by atoms with van der Waals surface area (Å²) in [6, 6.07) is 8.21. The van der Waals surface area contributed by atoms with Gasteiger partial charge in [-0.05, 0) is 45.9 Å². The van der Waals surface area contributed by atoms with Crippen molar-refractivity contribution < 1.29 is 9.59 Å². The molecule has 1 unspecified atom stereocenters. The lowest BCUT2D eigenvalue weighted by Crippen LogP contribution is -2.46. The molecule has 1 aliphatic rings. The monoisotopic (exact) mass is 385 g/mol. The summed E-state index contributed by atoms with van der Waals surface area (Å²) in [5.41, 5.74) is 1.95. The van der Waals surface area contributed by atoms with Gasteiger partial charge < -0.3 is 15.5 Å². The molecular weight excluding hydrogens is 358 g/mol. The first-order valence-electron chi connectivity index (χ1n) is 8.43. The minimum absolute atomic E-state index is 0. The van der Waals surface area contributed by atoms with E-state index >= 15 is 0 Å². The molecule has 1 heterocycles. The highest BCUT2D eigenvalue weighted by atomic mass is 35.5. The summed E-state index contributed by atoms with van der Waals surface area (Å²) in [6.45, 7) is 5.49. The zero-order valence-corrected chi connectivity index (χ0v) is 16.7. The number of likely N-dealkylation sites (tertiary alicyclic amines) is 1. The van der Waals surface area contributed by atoms with Crippen molar-refractivity contribution in [2.45, 2.75) is 38.0 Å². The van der Waals surface area contributed by atoms with Gasteiger partial charge in [0.15, 0.2) is 0 Å². The second-order valence-electron chi connectivity index (χ2n) is 6.26. The lowest BCUT2D eigenvalue weighted by molar-refractivity contribution is -0.131. The van der Waals surface area contributed by atoms with Crippen LogP contribution in [-0.4, -0.2) is 53.9 Å². The Kier molecular flexibility index (Phi) is 9.32. The predicted molar refractivity (Wildman–Crippen MR) is 108 cm³/mol. The third-order valence-electron chi connectivity index (χ3n) is 4.36. The standard InChI is InChI=1S/C18H27N3O2S.ClH/c1-13-4-6-16(7-5-13)20-17(22)12-24-14(2)18(23)21-10-8-15(19-3)9-11-21;/h4-7,14-15,19H,8-12H2,1-3H3,(H,20,22);1H. The molecule has 0 radical (unpaired) electrons. The van der Waals surface area contributed by atoms with Crippen molar-refractivity contribution in [1.82, 2.24) is 10.2 Å². The van der Waals surface area contributed by atoms with E-state index in [1.165, 1.54) is 11.8 Å². The number of thioether (sulfide) groups is 1. The van der Waals surface area contributed by atoms with Gasteiger partial charge in [0.1, 0.15) is 0 Å². The smallest absolute Gasteiger partial charge is 0.235 e. The van der Waals surface area contributed by atoms with Gasteiger partial charge in [0, 0.05) is 24.8 Å². The maximum absolute atomic E-state index is 12.5. The molecule has 25 heavy (non-hydrogen) atoms. The number of piperidine rings is 1. The Labute approximate surface area is 160 Å². The number of carbonyl (C=O) groups excluding carboxylic acids is 2. The molecule has 1 aromatic carbocycles. The molecular formula is C18H28ClN3O2S. The average molecular weight is 386 g/mol. The van der Waals surface area contributed by atoms with Crippen molar-refractivity contribution >= 4 is 41.7 Å². The number of carbonyl (C=O) groups is 2. The molecule has 1 aromatic rings. The van der Waals surface area contributed by atoms with Gasteiger partial charge in [0.2, 0.25) is 11.8 Å². The normalized spacial score (nSPS) is 16.0. The van der Waals surface area contributed by atoms with Crippen LogP contribution in [0.25, 0.3) is 0 Å². The molecule has 5 nitrogen and oxygen atoms in total. The molecule has 1 fully saturated rings. The van der Waals surface area contributed by atoms with Crippen molar-refractivity contribution in [1.29, 1.82) is 0 Å². The zero-order valence-electron chi connectivity index (χ0n) is 15.1. The van der Waals surface area contributed by atoms with Gasteiger partial charge in [-0.25, -0.2) is 0 Å². The highest BCUT2D eigenvalue weighted by Gasteiger charge is 2.25. The Bertz CT molecular complexity index is 560. The summed E-state index contributed by atoms with van der Waals surface area (Å²) in [4.78, 5) is 26.4. The SMILES string of the molecule is CNC1CCN(C(=O)C(C)SCC(=O)Nc2ccc(C)cc2)CC1.Cl. The van der Waals surface area contributed by atoms with E-state index in [0.29, 0.717) is 6.04 Å². The molecule has 2 N–H and O–H groups in total. The van der Waals surface area contributed by atoms with Gasteiger partial charge in [-0.2, -0.15) is 0 Å². The number of nitrogens with zero attached hydrogens (tertiary/aromatic N) is 1. The molecule has 7 heteroatoms. The van der Waals surface area contributed by atoms with Crippen LogP contribution >= 0.6 is 24.2 Å². The second-order valence-corrected chi connectivity index (χ2v) is 7.58. The fraction of sp³-hybridized carbons (Fsp3) is 0.556. The summed E-state index contributed by atoms with van der Waals surface area (Å²) in [5.74, 6) is 0.350. The van der Waals surface area contributed by atoms with E-state index in [4.69, 9.17) is 0 Å². The van der Waals surface area contributed by atoms with E-state index in [1.54, 1.807) is 0 Å². The van der Waals surface area contributed by atoms with Crippen LogP contribution in [0.1, 0.15) is 25.3 Å². The van der Waals surface area contributed by atoms with Gasteiger partial charge in [0.05, 0.1) is 11.0 Å². The van der Waals surface area contributed by atoms with Crippen LogP contribution < -0.4 is 10.6 Å². The van der Waals surface area contributed by atoms with Crippen LogP contribution in [0, 0.1) is 6.92 Å². The van der Waals surface area contributed by atoms with Gasteiger partial charge in [-0.3, -0.25) is 9.59 Å². The second kappa shape index (κ2) is 10.7.